The lowest BCUT2D eigenvalue weighted by Crippen LogP contribution is -2.42. The predicted octanol–water partition coefficient (Wildman–Crippen LogP) is 1.34. The van der Waals surface area contributed by atoms with E-state index in [1.54, 1.807) is 0 Å². The third-order valence-electron chi connectivity index (χ3n) is 3.47. The molecule has 0 aliphatic carbocycles. The third-order valence-corrected chi connectivity index (χ3v) is 3.47. The Morgan fingerprint density at radius 1 is 1.26 bits per heavy atom. The van der Waals surface area contributed by atoms with Crippen LogP contribution in [0.3, 0.4) is 0 Å². The number of rotatable bonds is 4. The molecule has 2 aliphatic heterocycles. The van der Waals surface area contributed by atoms with E-state index in [4.69, 9.17) is 0 Å². The first-order valence-corrected chi connectivity index (χ1v) is 7.16. The largest absolute Gasteiger partial charge is 0.356 e. The van der Waals surface area contributed by atoms with Crippen LogP contribution in [0.4, 0.5) is 0 Å². The van der Waals surface area contributed by atoms with Gasteiger partial charge in [0, 0.05) is 39.1 Å². The molecule has 0 aromatic heterocycles. The van der Waals surface area contributed by atoms with Crippen molar-refractivity contribution in [3.8, 4) is 0 Å². The van der Waals surface area contributed by atoms with Gasteiger partial charge in [0.15, 0.2) is 5.96 Å². The molecule has 2 heterocycles. The summed E-state index contributed by atoms with van der Waals surface area (Å²) in [5, 5.41) is 6.53. The fourth-order valence-electron chi connectivity index (χ4n) is 2.40. The molecule has 1 saturated heterocycles. The van der Waals surface area contributed by atoms with E-state index in [0.717, 1.165) is 70.8 Å². The van der Waals surface area contributed by atoms with Crippen LogP contribution in [0.15, 0.2) is 4.99 Å². The minimum absolute atomic E-state index is 0. The second-order valence-corrected chi connectivity index (χ2v) is 4.98. The molecule has 2 aliphatic rings. The average Bonchev–Trinajstić information content (AvgIpc) is 2.61. The van der Waals surface area contributed by atoms with Crippen LogP contribution in [-0.2, 0) is 4.79 Å². The number of carbonyl (C=O) groups is 1. The van der Waals surface area contributed by atoms with Crippen LogP contribution in [-0.4, -0.2) is 49.5 Å². The molecule has 110 valence electrons. The lowest BCUT2D eigenvalue weighted by atomic mass is 10.2. The van der Waals surface area contributed by atoms with Crippen molar-refractivity contribution < 1.29 is 4.79 Å². The maximum absolute atomic E-state index is 11.8. The Hall–Kier alpha value is -0.530. The number of hydrogen-bond donors (Lipinski definition) is 2. The first-order chi connectivity index (χ1) is 8.86. The predicted molar refractivity (Wildman–Crippen MR) is 88.0 cm³/mol. The number of hydrogen-bond acceptors (Lipinski definition) is 4. The van der Waals surface area contributed by atoms with Gasteiger partial charge in [-0.05, 0) is 25.7 Å². The highest BCUT2D eigenvalue weighted by atomic mass is 127. The summed E-state index contributed by atoms with van der Waals surface area (Å²) >= 11 is 0. The molecule has 19 heavy (non-hydrogen) atoms. The zero-order valence-electron chi connectivity index (χ0n) is 11.5. The number of aliphatic imine (C=N–C) groups is 1. The smallest absolute Gasteiger partial charge is 0.222 e. The van der Waals surface area contributed by atoms with Crippen molar-refractivity contribution in [1.29, 1.82) is 0 Å². The number of halogens is 1. The molecule has 0 aromatic carbocycles. The van der Waals surface area contributed by atoms with E-state index in [2.05, 4.69) is 15.6 Å². The van der Waals surface area contributed by atoms with E-state index < -0.39 is 0 Å². The second-order valence-electron chi connectivity index (χ2n) is 4.98. The van der Waals surface area contributed by atoms with Gasteiger partial charge >= 0.3 is 0 Å². The first kappa shape index (κ1) is 16.5. The molecule has 0 radical (unpaired) electrons. The molecular formula is C13H25IN4O. The number of amides is 1. The molecule has 2 rings (SSSR count). The Kier molecular flexibility index (Phi) is 8.16. The van der Waals surface area contributed by atoms with Crippen molar-refractivity contribution in [3.05, 3.63) is 0 Å². The van der Waals surface area contributed by atoms with Gasteiger partial charge < -0.3 is 15.5 Å². The van der Waals surface area contributed by atoms with Gasteiger partial charge in [0.05, 0.1) is 0 Å². The highest BCUT2D eigenvalue weighted by Crippen LogP contribution is 2.11. The molecule has 1 amide bonds. The number of nitrogens with one attached hydrogen (secondary N) is 2. The lowest BCUT2D eigenvalue weighted by molar-refractivity contribution is -0.130. The monoisotopic (exact) mass is 380 g/mol. The number of likely N-dealkylation sites (tertiary alicyclic amines) is 1. The zero-order chi connectivity index (χ0) is 12.6. The Labute approximate surface area is 132 Å². The van der Waals surface area contributed by atoms with E-state index >= 15 is 0 Å². The fraction of sp³-hybridized carbons (Fsp3) is 0.846. The van der Waals surface area contributed by atoms with Gasteiger partial charge in [-0.2, -0.15) is 0 Å². The summed E-state index contributed by atoms with van der Waals surface area (Å²) in [4.78, 5) is 18.2. The molecule has 2 N–H and O–H groups in total. The Balaban J connectivity index is 0.00000180. The van der Waals surface area contributed by atoms with Gasteiger partial charge in [-0.3, -0.25) is 9.79 Å². The SMILES string of the molecule is I.O=C1CCCCCN1CCCNC1=NCCCN1. The third kappa shape index (κ3) is 5.97. The quantitative estimate of drug-likeness (QED) is 0.572. The summed E-state index contributed by atoms with van der Waals surface area (Å²) in [6.07, 6.45) is 6.27. The number of carbonyl (C=O) groups excluding carboxylic acids is 1. The fourth-order valence-corrected chi connectivity index (χ4v) is 2.40. The topological polar surface area (TPSA) is 56.7 Å². The van der Waals surface area contributed by atoms with Crippen molar-refractivity contribution in [3.63, 3.8) is 0 Å². The van der Waals surface area contributed by atoms with Gasteiger partial charge in [-0.15, -0.1) is 24.0 Å². The Morgan fingerprint density at radius 2 is 2.16 bits per heavy atom. The van der Waals surface area contributed by atoms with Crippen LogP contribution in [0, 0.1) is 0 Å². The van der Waals surface area contributed by atoms with Crippen LogP contribution in [0.2, 0.25) is 0 Å². The Morgan fingerprint density at radius 3 is 2.95 bits per heavy atom. The van der Waals surface area contributed by atoms with E-state index in [-0.39, 0.29) is 24.0 Å². The van der Waals surface area contributed by atoms with Crippen molar-refractivity contribution in [2.45, 2.75) is 38.5 Å². The summed E-state index contributed by atoms with van der Waals surface area (Å²) in [5.41, 5.74) is 0. The van der Waals surface area contributed by atoms with Crippen molar-refractivity contribution in [2.75, 3.05) is 32.7 Å². The maximum atomic E-state index is 11.8. The highest BCUT2D eigenvalue weighted by molar-refractivity contribution is 14.0. The second kappa shape index (κ2) is 9.39. The molecule has 0 unspecified atom stereocenters. The van der Waals surface area contributed by atoms with Gasteiger partial charge in [0.1, 0.15) is 0 Å². The zero-order valence-corrected chi connectivity index (χ0v) is 13.8. The molecule has 1 fully saturated rings. The van der Waals surface area contributed by atoms with Gasteiger partial charge in [-0.25, -0.2) is 0 Å². The first-order valence-electron chi connectivity index (χ1n) is 7.16. The number of nitrogens with zero attached hydrogens (tertiary/aromatic N) is 2. The van der Waals surface area contributed by atoms with Crippen LogP contribution in [0.5, 0.6) is 0 Å². The standard InChI is InChI=1S/C13H24N4O.HI/c18-12-6-2-1-3-10-17(12)11-5-9-16-13-14-7-4-8-15-13;/h1-11H2,(H2,14,15,16);1H. The summed E-state index contributed by atoms with van der Waals surface area (Å²) in [6, 6.07) is 0. The lowest BCUT2D eigenvalue weighted by Gasteiger charge is -2.21. The molecule has 0 atom stereocenters. The van der Waals surface area contributed by atoms with Gasteiger partial charge in [-0.1, -0.05) is 6.42 Å². The molecule has 0 saturated carbocycles. The normalized spacial score (nSPS) is 19.9. The van der Waals surface area contributed by atoms with Crippen molar-refractivity contribution >= 4 is 35.8 Å². The van der Waals surface area contributed by atoms with E-state index in [1.165, 1.54) is 6.42 Å². The van der Waals surface area contributed by atoms with Crippen LogP contribution < -0.4 is 10.6 Å². The summed E-state index contributed by atoms with van der Waals surface area (Å²) in [7, 11) is 0. The van der Waals surface area contributed by atoms with Crippen LogP contribution in [0.25, 0.3) is 0 Å². The van der Waals surface area contributed by atoms with Crippen LogP contribution in [0.1, 0.15) is 38.5 Å². The highest BCUT2D eigenvalue weighted by Gasteiger charge is 2.15. The molecule has 0 spiro atoms. The van der Waals surface area contributed by atoms with Crippen LogP contribution >= 0.6 is 24.0 Å². The maximum Gasteiger partial charge on any atom is 0.222 e. The van der Waals surface area contributed by atoms with Crippen molar-refractivity contribution in [1.82, 2.24) is 15.5 Å². The number of guanidine groups is 1. The average molecular weight is 380 g/mol. The molecule has 0 aromatic rings. The van der Waals surface area contributed by atoms with Crippen molar-refractivity contribution in [2.24, 2.45) is 4.99 Å². The Bertz CT molecular complexity index is 309. The summed E-state index contributed by atoms with van der Waals surface area (Å²) in [5.74, 6) is 1.25. The van der Waals surface area contributed by atoms with Gasteiger partial charge in [0.25, 0.3) is 0 Å². The van der Waals surface area contributed by atoms with E-state index in [0.29, 0.717) is 5.91 Å². The minimum atomic E-state index is 0. The summed E-state index contributed by atoms with van der Waals surface area (Å²) < 4.78 is 0. The molecule has 5 nitrogen and oxygen atoms in total. The van der Waals surface area contributed by atoms with E-state index in [1.807, 2.05) is 4.90 Å². The molecule has 6 heteroatoms. The summed E-state index contributed by atoms with van der Waals surface area (Å²) in [6.45, 7) is 4.63. The molecular weight excluding hydrogens is 355 g/mol. The van der Waals surface area contributed by atoms with Gasteiger partial charge in [0.2, 0.25) is 5.91 Å². The molecule has 0 bridgehead atoms. The minimum Gasteiger partial charge on any atom is -0.356 e. The van der Waals surface area contributed by atoms with E-state index in [9.17, 15) is 4.79 Å².